The average molecular weight is 475 g/mol. The van der Waals surface area contributed by atoms with Crippen LogP contribution >= 0.6 is 0 Å². The molecule has 1 amide bonds. The minimum Gasteiger partial charge on any atom is -0.480 e. The number of primary amides is 1. The van der Waals surface area contributed by atoms with E-state index in [2.05, 4.69) is 0 Å². The van der Waals surface area contributed by atoms with Gasteiger partial charge in [-0.2, -0.15) is 5.10 Å². The Balaban J connectivity index is 2.08. The van der Waals surface area contributed by atoms with Crippen molar-refractivity contribution in [1.29, 1.82) is 0 Å². The van der Waals surface area contributed by atoms with Crippen molar-refractivity contribution in [3.8, 4) is 17.0 Å². The van der Waals surface area contributed by atoms with Crippen LogP contribution in [0.1, 0.15) is 34.1 Å². The molecule has 0 radical (unpaired) electrons. The normalized spacial score (nSPS) is 10.9. The first kappa shape index (κ1) is 23.6. The van der Waals surface area contributed by atoms with E-state index in [0.29, 0.717) is 34.5 Å². The molecule has 2 aromatic carbocycles. The summed E-state index contributed by atoms with van der Waals surface area (Å²) >= 11 is 0. The highest BCUT2D eigenvalue weighted by atomic mass is 19.1. The molecule has 0 fully saturated rings. The van der Waals surface area contributed by atoms with Crippen LogP contribution in [0.25, 0.3) is 16.8 Å². The zero-order chi connectivity index (χ0) is 25.1. The number of benzene rings is 2. The summed E-state index contributed by atoms with van der Waals surface area (Å²) in [4.78, 5) is 36.2. The lowest BCUT2D eigenvalue weighted by Gasteiger charge is -2.12. The molecule has 0 saturated heterocycles. The SMILES string of the molecule is CCc1c(C(=O)C(N)=O)c2c(OCC(=O)O)cc(-c3ccccc3)nn2c1Cc1ccccc1F. The topological polar surface area (TPSA) is 124 Å². The molecule has 0 atom stereocenters. The van der Waals surface area contributed by atoms with Crippen LogP contribution < -0.4 is 10.5 Å². The highest BCUT2D eigenvalue weighted by Gasteiger charge is 2.29. The maximum Gasteiger partial charge on any atom is 0.341 e. The van der Waals surface area contributed by atoms with Crippen LogP contribution in [-0.4, -0.2) is 39.0 Å². The van der Waals surface area contributed by atoms with E-state index in [1.165, 1.54) is 16.6 Å². The lowest BCUT2D eigenvalue weighted by Crippen LogP contribution is -2.24. The maximum absolute atomic E-state index is 14.6. The van der Waals surface area contributed by atoms with Crippen molar-refractivity contribution in [3.63, 3.8) is 0 Å². The average Bonchev–Trinajstić information content (AvgIpc) is 3.17. The van der Waals surface area contributed by atoms with Crippen molar-refractivity contribution in [2.24, 2.45) is 5.73 Å². The molecule has 9 heteroatoms. The number of carboxylic acid groups (broad SMARTS) is 1. The fourth-order valence-electron chi connectivity index (χ4n) is 4.07. The Bertz CT molecular complexity index is 1450. The molecule has 0 aliphatic rings. The van der Waals surface area contributed by atoms with E-state index in [1.807, 2.05) is 30.3 Å². The summed E-state index contributed by atoms with van der Waals surface area (Å²) in [5.41, 5.74) is 7.85. The van der Waals surface area contributed by atoms with Gasteiger partial charge in [0.05, 0.1) is 17.0 Å². The number of aromatic nitrogens is 2. The Morgan fingerprint density at radius 3 is 2.40 bits per heavy atom. The summed E-state index contributed by atoms with van der Waals surface area (Å²) in [6.45, 7) is 1.10. The number of ketones is 1. The molecule has 2 heterocycles. The Kier molecular flexibility index (Phi) is 6.59. The largest absolute Gasteiger partial charge is 0.480 e. The second-order valence-corrected chi connectivity index (χ2v) is 7.82. The van der Waals surface area contributed by atoms with Gasteiger partial charge >= 0.3 is 5.97 Å². The molecule has 35 heavy (non-hydrogen) atoms. The van der Waals surface area contributed by atoms with Crippen molar-refractivity contribution in [2.75, 3.05) is 6.61 Å². The van der Waals surface area contributed by atoms with Crippen molar-refractivity contribution in [3.05, 3.63) is 88.9 Å². The minimum atomic E-state index is -1.22. The van der Waals surface area contributed by atoms with Gasteiger partial charge in [0, 0.05) is 18.1 Å². The van der Waals surface area contributed by atoms with Gasteiger partial charge in [-0.3, -0.25) is 9.59 Å². The summed E-state index contributed by atoms with van der Waals surface area (Å²) < 4.78 is 21.6. The van der Waals surface area contributed by atoms with Crippen LogP contribution in [0.3, 0.4) is 0 Å². The van der Waals surface area contributed by atoms with E-state index in [0.717, 1.165) is 0 Å². The predicted molar refractivity (Wildman–Crippen MR) is 126 cm³/mol. The fourth-order valence-corrected chi connectivity index (χ4v) is 4.07. The van der Waals surface area contributed by atoms with Gasteiger partial charge in [0.1, 0.15) is 17.1 Å². The third kappa shape index (κ3) is 4.61. The minimum absolute atomic E-state index is 0.0289. The number of amides is 1. The van der Waals surface area contributed by atoms with E-state index in [1.54, 1.807) is 25.1 Å². The van der Waals surface area contributed by atoms with Crippen molar-refractivity contribution >= 4 is 23.2 Å². The lowest BCUT2D eigenvalue weighted by atomic mass is 9.99. The number of fused-ring (bicyclic) bond motifs is 1. The Labute approximate surface area is 199 Å². The zero-order valence-corrected chi connectivity index (χ0v) is 18.8. The van der Waals surface area contributed by atoms with Gasteiger partial charge in [0.25, 0.3) is 11.7 Å². The van der Waals surface area contributed by atoms with Gasteiger partial charge in [0.15, 0.2) is 6.61 Å². The molecule has 0 bridgehead atoms. The summed E-state index contributed by atoms with van der Waals surface area (Å²) in [5, 5.41) is 13.9. The van der Waals surface area contributed by atoms with E-state index < -0.39 is 30.1 Å². The number of carbonyl (C=O) groups excluding carboxylic acids is 2. The summed E-state index contributed by atoms with van der Waals surface area (Å²) in [5.74, 6) is -3.76. The Hall–Kier alpha value is -4.53. The van der Waals surface area contributed by atoms with Crippen LogP contribution in [-0.2, 0) is 22.4 Å². The van der Waals surface area contributed by atoms with Gasteiger partial charge in [0.2, 0.25) is 0 Å². The number of nitrogens with two attached hydrogens (primary N) is 1. The molecule has 2 aromatic heterocycles. The number of carboxylic acids is 1. The van der Waals surface area contributed by atoms with Gasteiger partial charge in [-0.25, -0.2) is 13.7 Å². The first-order valence-corrected chi connectivity index (χ1v) is 10.9. The maximum atomic E-state index is 14.6. The van der Waals surface area contributed by atoms with Crippen LogP contribution in [0.15, 0.2) is 60.7 Å². The van der Waals surface area contributed by atoms with Gasteiger partial charge < -0.3 is 15.6 Å². The number of carbonyl (C=O) groups is 3. The van der Waals surface area contributed by atoms with E-state index in [9.17, 15) is 23.9 Å². The second-order valence-electron chi connectivity index (χ2n) is 7.82. The lowest BCUT2D eigenvalue weighted by molar-refractivity contribution is -0.139. The molecule has 0 aliphatic heterocycles. The predicted octanol–water partition coefficient (Wildman–Crippen LogP) is 3.43. The molecule has 4 aromatic rings. The fraction of sp³-hybridized carbons (Fsp3) is 0.154. The van der Waals surface area contributed by atoms with Gasteiger partial charge in [-0.1, -0.05) is 55.5 Å². The van der Waals surface area contributed by atoms with Crippen LogP contribution in [0.2, 0.25) is 0 Å². The Morgan fingerprint density at radius 1 is 1.09 bits per heavy atom. The monoisotopic (exact) mass is 475 g/mol. The van der Waals surface area contributed by atoms with Gasteiger partial charge in [-0.15, -0.1) is 0 Å². The second kappa shape index (κ2) is 9.76. The third-order valence-electron chi connectivity index (χ3n) is 5.60. The third-order valence-corrected chi connectivity index (χ3v) is 5.60. The van der Waals surface area contributed by atoms with Crippen LogP contribution in [0, 0.1) is 5.82 Å². The summed E-state index contributed by atoms with van der Waals surface area (Å²) in [7, 11) is 0. The zero-order valence-electron chi connectivity index (χ0n) is 18.8. The number of hydrogen-bond acceptors (Lipinski definition) is 5. The number of halogens is 1. The quantitative estimate of drug-likeness (QED) is 0.282. The molecule has 8 nitrogen and oxygen atoms in total. The molecule has 0 unspecified atom stereocenters. The molecule has 0 spiro atoms. The summed E-state index contributed by atoms with van der Waals surface area (Å²) in [6, 6.07) is 16.8. The first-order chi connectivity index (χ1) is 16.8. The van der Waals surface area contributed by atoms with Gasteiger partial charge in [-0.05, 0) is 23.6 Å². The number of rotatable bonds is 9. The summed E-state index contributed by atoms with van der Waals surface area (Å²) in [6.07, 6.45) is 0.368. The molecule has 4 rings (SSSR count). The molecular formula is C26H22FN3O5. The number of aliphatic carboxylic acids is 1. The molecule has 178 valence electrons. The van der Waals surface area contributed by atoms with E-state index in [-0.39, 0.29) is 23.3 Å². The smallest absolute Gasteiger partial charge is 0.341 e. The van der Waals surface area contributed by atoms with Crippen molar-refractivity contribution in [2.45, 2.75) is 19.8 Å². The highest BCUT2D eigenvalue weighted by Crippen LogP contribution is 2.35. The van der Waals surface area contributed by atoms with E-state index >= 15 is 0 Å². The molecule has 0 aliphatic carbocycles. The first-order valence-electron chi connectivity index (χ1n) is 10.9. The number of hydrogen-bond donors (Lipinski definition) is 2. The number of nitrogens with zero attached hydrogens (tertiary/aromatic N) is 2. The number of ether oxygens (including phenoxy) is 1. The number of Topliss-reactive ketones (excluding diaryl/α,β-unsaturated/α-hetero) is 1. The van der Waals surface area contributed by atoms with Crippen molar-refractivity contribution < 1.29 is 28.6 Å². The standard InChI is InChI=1S/C26H22FN3O5/c1-2-17-20(12-16-10-6-7-11-18(16)27)30-24(23(17)25(33)26(28)34)21(35-14-22(31)32)13-19(29-30)15-8-4-3-5-9-15/h3-11,13H,2,12,14H2,1H3,(H2,28,34)(H,31,32). The highest BCUT2D eigenvalue weighted by molar-refractivity contribution is 6.44. The van der Waals surface area contributed by atoms with Crippen molar-refractivity contribution in [1.82, 2.24) is 9.61 Å². The van der Waals surface area contributed by atoms with Crippen LogP contribution in [0.5, 0.6) is 5.75 Å². The molecular weight excluding hydrogens is 453 g/mol. The molecule has 0 saturated carbocycles. The van der Waals surface area contributed by atoms with E-state index in [4.69, 9.17) is 15.6 Å². The Morgan fingerprint density at radius 2 is 1.77 bits per heavy atom. The van der Waals surface area contributed by atoms with Crippen LogP contribution in [0.4, 0.5) is 4.39 Å². The molecule has 3 N–H and O–H groups in total.